The van der Waals surface area contributed by atoms with Gasteiger partial charge in [0.05, 0.1) is 0 Å². The highest BCUT2D eigenvalue weighted by Crippen LogP contribution is 2.27. The molecule has 4 nitrogen and oxygen atoms in total. The van der Waals surface area contributed by atoms with Gasteiger partial charge >= 0.3 is 0 Å². The van der Waals surface area contributed by atoms with E-state index in [1.807, 2.05) is 21.9 Å². The molecule has 2 amide bonds. The molecule has 1 aromatic carbocycles. The number of hydrogen-bond donors (Lipinski definition) is 0. The van der Waals surface area contributed by atoms with Crippen molar-refractivity contribution in [2.24, 2.45) is 0 Å². The molecule has 0 radical (unpaired) electrons. The number of carbonyl (C=O) groups is 2. The molecule has 1 atom stereocenters. The number of allylic oxidation sites excluding steroid dienone is 1. The van der Waals surface area contributed by atoms with E-state index in [2.05, 4.69) is 32.9 Å². The van der Waals surface area contributed by atoms with Crippen molar-refractivity contribution in [2.45, 2.75) is 52.4 Å². The van der Waals surface area contributed by atoms with Crippen LogP contribution in [-0.2, 0) is 4.79 Å². The second-order valence-corrected chi connectivity index (χ2v) is 7.63. The van der Waals surface area contributed by atoms with Gasteiger partial charge in [-0.05, 0) is 56.2 Å². The molecule has 4 heteroatoms. The van der Waals surface area contributed by atoms with Crippen molar-refractivity contribution in [3.8, 4) is 0 Å². The topological polar surface area (TPSA) is 40.6 Å². The van der Waals surface area contributed by atoms with E-state index in [0.717, 1.165) is 36.8 Å². The van der Waals surface area contributed by atoms with E-state index in [1.54, 1.807) is 0 Å². The third-order valence-corrected chi connectivity index (χ3v) is 5.95. The van der Waals surface area contributed by atoms with Gasteiger partial charge in [-0.3, -0.25) is 9.59 Å². The van der Waals surface area contributed by atoms with Gasteiger partial charge in [0.25, 0.3) is 5.91 Å². The van der Waals surface area contributed by atoms with Crippen LogP contribution in [0.5, 0.6) is 0 Å². The first-order valence-electron chi connectivity index (χ1n) is 9.88. The van der Waals surface area contributed by atoms with Gasteiger partial charge in [-0.25, -0.2) is 0 Å². The van der Waals surface area contributed by atoms with E-state index in [0.29, 0.717) is 32.1 Å². The highest BCUT2D eigenvalue weighted by atomic mass is 16.2. The standard InChI is InChI=1S/C22H30N2O2/c1-4-16(2)18-8-10-19(11-9-18)21(25)23-12-14-24(15-13-23)22(26)20-7-5-6-17(20)3/h8-11,16H,4-7,12-15H2,1-3H3. The summed E-state index contributed by atoms with van der Waals surface area (Å²) >= 11 is 0. The molecule has 1 aromatic rings. The Hall–Kier alpha value is -2.10. The molecule has 1 unspecified atom stereocenters. The van der Waals surface area contributed by atoms with Gasteiger partial charge in [0.15, 0.2) is 0 Å². The zero-order chi connectivity index (χ0) is 18.7. The average Bonchev–Trinajstić information content (AvgIpc) is 3.12. The lowest BCUT2D eigenvalue weighted by Gasteiger charge is -2.35. The average molecular weight is 354 g/mol. The lowest BCUT2D eigenvalue weighted by molar-refractivity contribution is -0.128. The molecule has 3 rings (SSSR count). The van der Waals surface area contributed by atoms with E-state index < -0.39 is 0 Å². The maximum Gasteiger partial charge on any atom is 0.253 e. The van der Waals surface area contributed by atoms with Gasteiger partial charge in [-0.1, -0.05) is 31.6 Å². The van der Waals surface area contributed by atoms with Crippen molar-refractivity contribution in [1.29, 1.82) is 0 Å². The van der Waals surface area contributed by atoms with Crippen molar-refractivity contribution < 1.29 is 9.59 Å². The molecule has 0 saturated carbocycles. The van der Waals surface area contributed by atoms with Gasteiger partial charge in [0, 0.05) is 37.3 Å². The van der Waals surface area contributed by atoms with E-state index >= 15 is 0 Å². The van der Waals surface area contributed by atoms with Crippen molar-refractivity contribution in [3.05, 3.63) is 46.5 Å². The molecule has 0 aromatic heterocycles. The highest BCUT2D eigenvalue weighted by molar-refractivity contribution is 5.96. The van der Waals surface area contributed by atoms with Crippen LogP contribution < -0.4 is 0 Å². The first-order valence-corrected chi connectivity index (χ1v) is 9.88. The predicted molar refractivity (Wildman–Crippen MR) is 104 cm³/mol. The monoisotopic (exact) mass is 354 g/mol. The maximum atomic E-state index is 12.7. The molecule has 0 bridgehead atoms. The Labute approximate surface area is 156 Å². The third kappa shape index (κ3) is 3.84. The number of carbonyl (C=O) groups excluding carboxylic acids is 2. The number of benzene rings is 1. The minimum Gasteiger partial charge on any atom is -0.335 e. The van der Waals surface area contributed by atoms with Crippen LogP contribution >= 0.6 is 0 Å². The van der Waals surface area contributed by atoms with Crippen LogP contribution in [-0.4, -0.2) is 47.8 Å². The van der Waals surface area contributed by atoms with Crippen LogP contribution in [0.25, 0.3) is 0 Å². The second kappa shape index (κ2) is 8.07. The smallest absolute Gasteiger partial charge is 0.253 e. The molecule has 26 heavy (non-hydrogen) atoms. The fourth-order valence-electron chi connectivity index (χ4n) is 3.86. The predicted octanol–water partition coefficient (Wildman–Crippen LogP) is 3.98. The van der Waals surface area contributed by atoms with E-state index in [-0.39, 0.29) is 11.8 Å². The zero-order valence-corrected chi connectivity index (χ0v) is 16.3. The highest BCUT2D eigenvalue weighted by Gasteiger charge is 2.28. The number of nitrogens with zero attached hydrogens (tertiary/aromatic N) is 2. The summed E-state index contributed by atoms with van der Waals surface area (Å²) in [5.41, 5.74) is 4.27. The molecule has 140 valence electrons. The number of amides is 2. The Morgan fingerprint density at radius 1 is 0.962 bits per heavy atom. The Bertz CT molecular complexity index is 697. The summed E-state index contributed by atoms with van der Waals surface area (Å²) in [6.07, 6.45) is 4.15. The minimum absolute atomic E-state index is 0.0732. The molecule has 1 saturated heterocycles. The van der Waals surface area contributed by atoms with Crippen LogP contribution in [0.1, 0.15) is 68.3 Å². The van der Waals surface area contributed by atoms with E-state index in [9.17, 15) is 9.59 Å². The molecule has 2 aliphatic rings. The lowest BCUT2D eigenvalue weighted by atomic mass is 9.97. The second-order valence-electron chi connectivity index (χ2n) is 7.63. The molecule has 1 heterocycles. The maximum absolute atomic E-state index is 12.7. The lowest BCUT2D eigenvalue weighted by Crippen LogP contribution is -2.50. The number of rotatable bonds is 4. The van der Waals surface area contributed by atoms with Gasteiger partial charge in [-0.15, -0.1) is 0 Å². The van der Waals surface area contributed by atoms with Crippen molar-refractivity contribution in [1.82, 2.24) is 9.80 Å². The first-order chi connectivity index (χ1) is 12.5. The third-order valence-electron chi connectivity index (χ3n) is 5.95. The summed E-state index contributed by atoms with van der Waals surface area (Å²) in [4.78, 5) is 29.2. The fraction of sp³-hybridized carbons (Fsp3) is 0.545. The van der Waals surface area contributed by atoms with Gasteiger partial charge in [0.2, 0.25) is 5.91 Å². The number of hydrogen-bond acceptors (Lipinski definition) is 2. The van der Waals surface area contributed by atoms with Gasteiger partial charge < -0.3 is 9.80 Å². The quantitative estimate of drug-likeness (QED) is 0.820. The first kappa shape index (κ1) is 18.7. The summed E-state index contributed by atoms with van der Waals surface area (Å²) < 4.78 is 0. The van der Waals surface area contributed by atoms with Crippen LogP contribution in [0.3, 0.4) is 0 Å². The normalized spacial score (nSPS) is 19.0. The Kier molecular flexibility index (Phi) is 5.80. The van der Waals surface area contributed by atoms with E-state index in [1.165, 1.54) is 11.1 Å². The van der Waals surface area contributed by atoms with Crippen LogP contribution in [0.2, 0.25) is 0 Å². The van der Waals surface area contributed by atoms with Crippen molar-refractivity contribution in [3.63, 3.8) is 0 Å². The minimum atomic E-state index is 0.0732. The van der Waals surface area contributed by atoms with Gasteiger partial charge in [-0.2, -0.15) is 0 Å². The molecule has 0 spiro atoms. The SMILES string of the molecule is CCC(C)c1ccc(C(=O)N2CCN(C(=O)C3=C(C)CCC3)CC2)cc1. The van der Waals surface area contributed by atoms with Crippen molar-refractivity contribution in [2.75, 3.05) is 26.2 Å². The molecule has 0 N–H and O–H groups in total. The summed E-state index contributed by atoms with van der Waals surface area (Å²) in [6, 6.07) is 8.01. The summed E-state index contributed by atoms with van der Waals surface area (Å²) in [5.74, 6) is 0.774. The Morgan fingerprint density at radius 3 is 2.04 bits per heavy atom. The zero-order valence-electron chi connectivity index (χ0n) is 16.3. The van der Waals surface area contributed by atoms with Crippen LogP contribution in [0.4, 0.5) is 0 Å². The molecule has 1 fully saturated rings. The van der Waals surface area contributed by atoms with Crippen LogP contribution in [0, 0.1) is 0 Å². The molecule has 1 aliphatic carbocycles. The van der Waals surface area contributed by atoms with E-state index in [4.69, 9.17) is 0 Å². The fourth-order valence-corrected chi connectivity index (χ4v) is 3.86. The summed E-state index contributed by atoms with van der Waals surface area (Å²) in [5, 5.41) is 0. The number of piperazine rings is 1. The Balaban J connectivity index is 1.58. The summed E-state index contributed by atoms with van der Waals surface area (Å²) in [6.45, 7) is 8.94. The molecular weight excluding hydrogens is 324 g/mol. The van der Waals surface area contributed by atoms with Crippen molar-refractivity contribution >= 4 is 11.8 Å². The van der Waals surface area contributed by atoms with Crippen LogP contribution in [0.15, 0.2) is 35.4 Å². The summed E-state index contributed by atoms with van der Waals surface area (Å²) in [7, 11) is 0. The van der Waals surface area contributed by atoms with Gasteiger partial charge in [0.1, 0.15) is 0 Å². The molecular formula is C22H30N2O2. The molecule has 1 aliphatic heterocycles. The Morgan fingerprint density at radius 2 is 1.54 bits per heavy atom. The largest absolute Gasteiger partial charge is 0.335 e.